The van der Waals surface area contributed by atoms with Gasteiger partial charge in [-0.2, -0.15) is 5.10 Å². The van der Waals surface area contributed by atoms with Crippen LogP contribution in [0, 0.1) is 5.82 Å². The molecule has 0 radical (unpaired) electrons. The molecule has 4 aromatic rings. The minimum absolute atomic E-state index is 0.264. The highest BCUT2D eigenvalue weighted by Crippen LogP contribution is 2.28. The molecule has 3 aromatic carbocycles. The lowest BCUT2D eigenvalue weighted by molar-refractivity contribution is -0.123. The molecule has 0 bridgehead atoms. The molecule has 0 spiro atoms. The fraction of sp³-hybridized carbons (Fsp3) is 0.0435. The lowest BCUT2D eigenvalue weighted by atomic mass is 10.1. The number of nitrogens with zero attached hydrogens (tertiary/aromatic N) is 1. The number of carbonyl (C=O) groups excluding carboxylic acids is 1. The van der Waals surface area contributed by atoms with E-state index in [1.807, 2.05) is 54.6 Å². The zero-order valence-corrected chi connectivity index (χ0v) is 15.4. The third kappa shape index (κ3) is 4.32. The van der Waals surface area contributed by atoms with E-state index >= 15 is 0 Å². The van der Waals surface area contributed by atoms with Crippen LogP contribution in [0.1, 0.15) is 5.56 Å². The Morgan fingerprint density at radius 3 is 2.66 bits per heavy atom. The Morgan fingerprint density at radius 2 is 1.83 bits per heavy atom. The molecule has 0 aliphatic heterocycles. The van der Waals surface area contributed by atoms with Gasteiger partial charge in [0.1, 0.15) is 11.6 Å². The average molecular weight is 387 g/mol. The van der Waals surface area contributed by atoms with E-state index in [1.165, 1.54) is 18.2 Å². The van der Waals surface area contributed by atoms with E-state index < -0.39 is 11.7 Å². The molecule has 144 valence electrons. The van der Waals surface area contributed by atoms with Gasteiger partial charge in [0.25, 0.3) is 5.91 Å². The highest BCUT2D eigenvalue weighted by molar-refractivity contribution is 6.06. The Kier molecular flexibility index (Phi) is 5.33. The third-order valence-corrected chi connectivity index (χ3v) is 4.36. The molecule has 4 rings (SSSR count). The van der Waals surface area contributed by atoms with Gasteiger partial charge >= 0.3 is 0 Å². The maximum Gasteiger partial charge on any atom is 0.277 e. The topological polar surface area (TPSA) is 66.5 Å². The Balaban J connectivity index is 1.50. The van der Waals surface area contributed by atoms with Crippen molar-refractivity contribution in [2.24, 2.45) is 5.10 Å². The number of aromatic amines is 1. The molecular formula is C23H18FN3O2. The van der Waals surface area contributed by atoms with Crippen LogP contribution in [0.25, 0.3) is 22.2 Å². The zero-order chi connectivity index (χ0) is 20.1. The maximum atomic E-state index is 13.1. The molecule has 0 aliphatic carbocycles. The highest BCUT2D eigenvalue weighted by Gasteiger charge is 2.11. The van der Waals surface area contributed by atoms with Crippen LogP contribution in [0.3, 0.4) is 0 Å². The maximum absolute atomic E-state index is 13.1. The molecule has 29 heavy (non-hydrogen) atoms. The first-order valence-electron chi connectivity index (χ1n) is 9.07. The van der Waals surface area contributed by atoms with E-state index in [2.05, 4.69) is 15.5 Å². The van der Waals surface area contributed by atoms with Gasteiger partial charge in [0.2, 0.25) is 0 Å². The van der Waals surface area contributed by atoms with Crippen LogP contribution in [-0.4, -0.2) is 23.7 Å². The van der Waals surface area contributed by atoms with Crippen molar-refractivity contribution in [1.82, 2.24) is 10.4 Å². The number of nitrogens with one attached hydrogen (secondary N) is 2. The number of hydrogen-bond acceptors (Lipinski definition) is 3. The Hall–Kier alpha value is -3.93. The predicted octanol–water partition coefficient (Wildman–Crippen LogP) is 4.50. The Labute approximate surface area is 166 Å². The molecule has 0 aliphatic rings. The van der Waals surface area contributed by atoms with Gasteiger partial charge in [0, 0.05) is 22.5 Å². The molecule has 0 unspecified atom stereocenters. The summed E-state index contributed by atoms with van der Waals surface area (Å²) in [6, 6.07) is 23.4. The van der Waals surface area contributed by atoms with Crippen molar-refractivity contribution < 1.29 is 13.9 Å². The smallest absolute Gasteiger partial charge is 0.277 e. The van der Waals surface area contributed by atoms with Gasteiger partial charge < -0.3 is 9.72 Å². The summed E-state index contributed by atoms with van der Waals surface area (Å²) in [6.07, 6.45) is 1.61. The number of halogens is 1. The van der Waals surface area contributed by atoms with Crippen molar-refractivity contribution in [3.63, 3.8) is 0 Å². The van der Waals surface area contributed by atoms with Crippen LogP contribution in [0.5, 0.6) is 5.75 Å². The van der Waals surface area contributed by atoms with Crippen molar-refractivity contribution >= 4 is 23.0 Å². The number of amides is 1. The van der Waals surface area contributed by atoms with Gasteiger partial charge in [0.15, 0.2) is 6.61 Å². The second kappa shape index (κ2) is 8.39. The monoisotopic (exact) mass is 387 g/mol. The van der Waals surface area contributed by atoms with E-state index in [1.54, 1.807) is 12.3 Å². The van der Waals surface area contributed by atoms with Gasteiger partial charge in [0.05, 0.1) is 11.9 Å². The summed E-state index contributed by atoms with van der Waals surface area (Å²) >= 11 is 0. The number of aromatic nitrogens is 1. The van der Waals surface area contributed by atoms with Crippen molar-refractivity contribution in [1.29, 1.82) is 0 Å². The van der Waals surface area contributed by atoms with Crippen LogP contribution in [-0.2, 0) is 4.79 Å². The Bertz CT molecular complexity index is 1170. The zero-order valence-electron chi connectivity index (χ0n) is 15.4. The van der Waals surface area contributed by atoms with Gasteiger partial charge in [-0.3, -0.25) is 4.79 Å². The van der Waals surface area contributed by atoms with Gasteiger partial charge in [-0.1, -0.05) is 54.6 Å². The lowest BCUT2D eigenvalue weighted by Gasteiger charge is -2.05. The number of fused-ring (bicyclic) bond motifs is 1. The van der Waals surface area contributed by atoms with Gasteiger partial charge in [-0.05, 0) is 23.8 Å². The number of benzene rings is 3. The number of para-hydroxylation sites is 1. The summed E-state index contributed by atoms with van der Waals surface area (Å²) in [4.78, 5) is 15.4. The molecule has 1 aromatic heterocycles. The van der Waals surface area contributed by atoms with Gasteiger partial charge in [-0.15, -0.1) is 0 Å². The summed E-state index contributed by atoms with van der Waals surface area (Å²) < 4.78 is 18.4. The molecule has 5 nitrogen and oxygen atoms in total. The Morgan fingerprint density at radius 1 is 1.03 bits per heavy atom. The molecule has 0 fully saturated rings. The number of carbonyl (C=O) groups is 1. The third-order valence-electron chi connectivity index (χ3n) is 4.36. The summed E-state index contributed by atoms with van der Waals surface area (Å²) in [5, 5.41) is 5.08. The van der Waals surface area contributed by atoms with Crippen molar-refractivity contribution in [2.45, 2.75) is 0 Å². The molecule has 1 heterocycles. The molecule has 0 saturated heterocycles. The van der Waals surface area contributed by atoms with Crippen molar-refractivity contribution in [3.05, 3.63) is 90.2 Å². The lowest BCUT2D eigenvalue weighted by Crippen LogP contribution is -2.24. The van der Waals surface area contributed by atoms with E-state index in [0.717, 1.165) is 27.7 Å². The summed E-state index contributed by atoms with van der Waals surface area (Å²) in [5.41, 5.74) is 6.24. The van der Waals surface area contributed by atoms with Crippen LogP contribution < -0.4 is 10.2 Å². The second-order valence-electron chi connectivity index (χ2n) is 6.36. The van der Waals surface area contributed by atoms with Crippen LogP contribution >= 0.6 is 0 Å². The number of rotatable bonds is 6. The SMILES string of the molecule is O=C(COc1cccc(F)c1)N/N=C/c1c(-c2ccccc2)[nH]c2ccccc12. The number of H-pyrrole nitrogens is 1. The van der Waals surface area contributed by atoms with E-state index in [9.17, 15) is 9.18 Å². The van der Waals surface area contributed by atoms with Crippen LogP contribution in [0.4, 0.5) is 4.39 Å². The quantitative estimate of drug-likeness (QED) is 0.378. The first-order valence-corrected chi connectivity index (χ1v) is 9.07. The van der Waals surface area contributed by atoms with Crippen LogP contribution in [0.15, 0.2) is 84.0 Å². The van der Waals surface area contributed by atoms with Gasteiger partial charge in [-0.25, -0.2) is 9.82 Å². The molecule has 0 saturated carbocycles. The minimum atomic E-state index is -0.438. The van der Waals surface area contributed by atoms with Crippen molar-refractivity contribution in [3.8, 4) is 17.0 Å². The largest absolute Gasteiger partial charge is 0.484 e. The van der Waals surface area contributed by atoms with E-state index in [0.29, 0.717) is 0 Å². The van der Waals surface area contributed by atoms with E-state index in [4.69, 9.17) is 4.74 Å². The first kappa shape index (κ1) is 18.4. The molecular weight excluding hydrogens is 369 g/mol. The number of ether oxygens (including phenoxy) is 1. The average Bonchev–Trinajstić information content (AvgIpc) is 3.12. The standard InChI is InChI=1S/C23H18FN3O2/c24-17-9-6-10-18(13-17)29-15-22(28)27-25-14-20-19-11-4-5-12-21(19)26-23(20)16-7-2-1-3-8-16/h1-14,26H,15H2,(H,27,28)/b25-14+. The normalized spacial score (nSPS) is 11.1. The predicted molar refractivity (Wildman–Crippen MR) is 111 cm³/mol. The summed E-state index contributed by atoms with van der Waals surface area (Å²) in [7, 11) is 0. The minimum Gasteiger partial charge on any atom is -0.484 e. The molecule has 1 amide bonds. The summed E-state index contributed by atoms with van der Waals surface area (Å²) in [5.74, 6) is -0.576. The first-order chi connectivity index (χ1) is 14.2. The van der Waals surface area contributed by atoms with Crippen molar-refractivity contribution in [2.75, 3.05) is 6.61 Å². The number of hydrogen-bond donors (Lipinski definition) is 2. The van der Waals surface area contributed by atoms with E-state index in [-0.39, 0.29) is 12.4 Å². The fourth-order valence-corrected chi connectivity index (χ4v) is 3.04. The van der Waals surface area contributed by atoms with Crippen LogP contribution in [0.2, 0.25) is 0 Å². The number of hydrazone groups is 1. The highest BCUT2D eigenvalue weighted by atomic mass is 19.1. The molecule has 6 heteroatoms. The molecule has 0 atom stereocenters. The molecule has 2 N–H and O–H groups in total. The second-order valence-corrected chi connectivity index (χ2v) is 6.36. The fourth-order valence-electron chi connectivity index (χ4n) is 3.04. The summed E-state index contributed by atoms with van der Waals surface area (Å²) in [6.45, 7) is -0.264.